The van der Waals surface area contributed by atoms with E-state index in [4.69, 9.17) is 19.2 Å². The molecule has 7 nitrogen and oxygen atoms in total. The molecule has 1 aliphatic carbocycles. The molecule has 7 atom stereocenters. The van der Waals surface area contributed by atoms with Crippen LogP contribution in [0.3, 0.4) is 0 Å². The molecule has 0 amide bonds. The topological polar surface area (TPSA) is 67.4 Å². The van der Waals surface area contributed by atoms with Gasteiger partial charge in [0, 0.05) is 57.7 Å². The smallest absolute Gasteiger partial charge is 0.157 e. The van der Waals surface area contributed by atoms with Crippen LogP contribution in [0.1, 0.15) is 32.6 Å². The first kappa shape index (κ1) is 23.7. The van der Waals surface area contributed by atoms with Gasteiger partial charge in [0.2, 0.25) is 0 Å². The third-order valence-electron chi connectivity index (χ3n) is 7.23. The molecule has 3 aliphatic heterocycles. The van der Waals surface area contributed by atoms with Crippen molar-refractivity contribution in [2.45, 2.75) is 69.1 Å². The quantitative estimate of drug-likeness (QED) is 0.537. The van der Waals surface area contributed by atoms with Gasteiger partial charge >= 0.3 is 0 Å². The van der Waals surface area contributed by atoms with Crippen LogP contribution in [0.4, 0.5) is 4.39 Å². The van der Waals surface area contributed by atoms with E-state index in [1.54, 1.807) is 18.9 Å². The van der Waals surface area contributed by atoms with Gasteiger partial charge in [-0.05, 0) is 31.7 Å². The van der Waals surface area contributed by atoms with E-state index in [0.717, 1.165) is 63.0 Å². The van der Waals surface area contributed by atoms with Crippen molar-refractivity contribution < 1.29 is 18.6 Å². The predicted octanol–water partition coefficient (Wildman–Crippen LogP) is 1.67. The van der Waals surface area contributed by atoms with Gasteiger partial charge in [-0.2, -0.15) is 0 Å². The Balaban J connectivity index is 1.23. The second-order valence-electron chi connectivity index (χ2n) is 9.23. The van der Waals surface area contributed by atoms with E-state index in [9.17, 15) is 4.39 Å². The van der Waals surface area contributed by atoms with Crippen molar-refractivity contribution in [2.24, 2.45) is 10.9 Å². The largest absolute Gasteiger partial charge is 0.385 e. The number of rotatable bonds is 8. The predicted molar refractivity (Wildman–Crippen MR) is 123 cm³/mol. The van der Waals surface area contributed by atoms with Crippen molar-refractivity contribution in [1.29, 1.82) is 0 Å². The molecule has 3 fully saturated rings. The number of piperidine rings is 1. The van der Waals surface area contributed by atoms with Crippen molar-refractivity contribution >= 4 is 16.9 Å². The first-order valence-corrected chi connectivity index (χ1v) is 12.9. The zero-order chi connectivity index (χ0) is 21.6. The molecule has 2 saturated heterocycles. The maximum Gasteiger partial charge on any atom is 0.157 e. The summed E-state index contributed by atoms with van der Waals surface area (Å²) in [4.78, 5) is 7.13. The molecule has 0 aromatic heterocycles. The molecule has 31 heavy (non-hydrogen) atoms. The number of hydrogen-bond acceptors (Lipinski definition) is 8. The highest BCUT2D eigenvalue weighted by Gasteiger charge is 2.43. The molecule has 4 aliphatic rings. The van der Waals surface area contributed by atoms with Gasteiger partial charge in [-0.25, -0.2) is 4.39 Å². The maximum absolute atomic E-state index is 14.9. The lowest BCUT2D eigenvalue weighted by atomic mass is 9.85. The molecule has 1 saturated carbocycles. The summed E-state index contributed by atoms with van der Waals surface area (Å²) in [6.45, 7) is 7.88. The van der Waals surface area contributed by atoms with E-state index in [1.807, 2.05) is 0 Å². The molecule has 9 heteroatoms. The van der Waals surface area contributed by atoms with E-state index in [-0.39, 0.29) is 18.1 Å². The lowest BCUT2D eigenvalue weighted by Crippen LogP contribution is -2.55. The lowest BCUT2D eigenvalue weighted by molar-refractivity contribution is -0.0190. The zero-order valence-electron chi connectivity index (χ0n) is 18.9. The van der Waals surface area contributed by atoms with Crippen LogP contribution < -0.4 is 10.6 Å². The van der Waals surface area contributed by atoms with Crippen LogP contribution in [0.2, 0.25) is 0 Å². The van der Waals surface area contributed by atoms with Crippen LogP contribution in [-0.2, 0) is 14.2 Å². The molecule has 178 valence electrons. The van der Waals surface area contributed by atoms with Crippen molar-refractivity contribution in [3.8, 4) is 0 Å². The minimum Gasteiger partial charge on any atom is -0.385 e. The maximum atomic E-state index is 14.9. The summed E-state index contributed by atoms with van der Waals surface area (Å²) in [7, 11) is 1.73. The average Bonchev–Trinajstić information content (AvgIpc) is 3.18. The Morgan fingerprint density at radius 1 is 1.26 bits per heavy atom. The molecule has 0 bridgehead atoms. The van der Waals surface area contributed by atoms with Gasteiger partial charge in [-0.3, -0.25) is 9.89 Å². The lowest BCUT2D eigenvalue weighted by Gasteiger charge is -2.41. The monoisotopic (exact) mass is 458 g/mol. The van der Waals surface area contributed by atoms with Gasteiger partial charge in [-0.15, -0.1) is 0 Å². The van der Waals surface area contributed by atoms with Gasteiger partial charge in [0.05, 0.1) is 31.4 Å². The second-order valence-corrected chi connectivity index (χ2v) is 10.2. The Morgan fingerprint density at radius 2 is 2.10 bits per heavy atom. The highest BCUT2D eigenvalue weighted by Crippen LogP contribution is 2.33. The first-order valence-electron chi connectivity index (χ1n) is 11.9. The molecule has 0 aromatic rings. The van der Waals surface area contributed by atoms with E-state index < -0.39 is 6.17 Å². The fourth-order valence-electron chi connectivity index (χ4n) is 5.30. The highest BCUT2D eigenvalue weighted by atomic mass is 32.2. The number of aliphatic imine (C=N–C) groups is 1. The molecule has 7 unspecified atom stereocenters. The SMILES string of the molecule is COCCCOC1CCNC(CSC2=NC3CC(F)C(N4CCOCC4)CC3N2)C1C. The van der Waals surface area contributed by atoms with Gasteiger partial charge in [-0.1, -0.05) is 18.7 Å². The summed E-state index contributed by atoms with van der Waals surface area (Å²) in [6, 6.07) is 0.723. The number of halogens is 1. The number of methoxy groups -OCH3 is 1. The minimum absolute atomic E-state index is 0.00625. The fraction of sp³-hybridized carbons (Fsp3) is 0.955. The summed E-state index contributed by atoms with van der Waals surface area (Å²) < 4.78 is 31.6. The standard InChI is InChI=1S/C22H39FN4O3S/c1-15-19(24-5-4-21(15)30-9-3-8-28-2)14-31-22-25-17-12-16(23)20(13-18(17)26-22)27-6-10-29-11-7-27/h15-21,24H,3-14H2,1-2H3,(H,25,26). The average molecular weight is 459 g/mol. The van der Waals surface area contributed by atoms with Crippen LogP contribution >= 0.6 is 11.8 Å². The minimum atomic E-state index is -0.801. The number of nitrogens with zero attached hydrogens (tertiary/aromatic N) is 2. The molecule has 0 spiro atoms. The second kappa shape index (κ2) is 11.6. The molecule has 2 N–H and O–H groups in total. The Kier molecular flexibility index (Phi) is 8.88. The van der Waals surface area contributed by atoms with E-state index in [2.05, 4.69) is 22.5 Å². The normalized spacial score (nSPS) is 39.1. The number of morpholine rings is 1. The molecular formula is C22H39FN4O3S. The number of alkyl halides is 1. The van der Waals surface area contributed by atoms with Gasteiger partial charge < -0.3 is 24.8 Å². The Bertz CT molecular complexity index is 595. The molecule has 4 rings (SSSR count). The Morgan fingerprint density at radius 3 is 2.90 bits per heavy atom. The zero-order valence-corrected chi connectivity index (χ0v) is 19.7. The van der Waals surface area contributed by atoms with Crippen LogP contribution in [0.15, 0.2) is 4.99 Å². The number of fused-ring (bicyclic) bond motifs is 1. The summed E-state index contributed by atoms with van der Waals surface area (Å²) in [5.41, 5.74) is 0. The van der Waals surface area contributed by atoms with Crippen molar-refractivity contribution in [2.75, 3.05) is 58.9 Å². The number of nitrogens with one attached hydrogen (secondary N) is 2. The summed E-state index contributed by atoms with van der Waals surface area (Å²) in [6.07, 6.45) is 2.85. The summed E-state index contributed by atoms with van der Waals surface area (Å²) in [5.74, 6) is 1.41. The van der Waals surface area contributed by atoms with Gasteiger partial charge in [0.1, 0.15) is 6.17 Å². The van der Waals surface area contributed by atoms with Crippen LogP contribution in [0.5, 0.6) is 0 Å². The van der Waals surface area contributed by atoms with E-state index in [0.29, 0.717) is 37.7 Å². The van der Waals surface area contributed by atoms with E-state index in [1.165, 1.54) is 0 Å². The van der Waals surface area contributed by atoms with Crippen molar-refractivity contribution in [3.05, 3.63) is 0 Å². The fourth-order valence-corrected chi connectivity index (χ4v) is 6.50. The van der Waals surface area contributed by atoms with Crippen molar-refractivity contribution in [1.82, 2.24) is 15.5 Å². The number of thioether (sulfide) groups is 1. The van der Waals surface area contributed by atoms with E-state index >= 15 is 0 Å². The van der Waals surface area contributed by atoms with Gasteiger partial charge in [0.25, 0.3) is 0 Å². The number of hydrogen-bond donors (Lipinski definition) is 2. The third kappa shape index (κ3) is 6.12. The highest BCUT2D eigenvalue weighted by molar-refractivity contribution is 8.13. The molecule has 3 heterocycles. The summed E-state index contributed by atoms with van der Waals surface area (Å²) >= 11 is 1.78. The molecular weight excluding hydrogens is 419 g/mol. The Labute approximate surface area is 190 Å². The Hall–Kier alpha value is -0.450. The van der Waals surface area contributed by atoms with Crippen LogP contribution in [0.25, 0.3) is 0 Å². The van der Waals surface area contributed by atoms with Crippen LogP contribution in [-0.4, -0.2) is 105 Å². The number of ether oxygens (including phenoxy) is 3. The van der Waals surface area contributed by atoms with Gasteiger partial charge in [0.15, 0.2) is 5.17 Å². The molecule has 0 radical (unpaired) electrons. The van der Waals surface area contributed by atoms with Crippen molar-refractivity contribution in [3.63, 3.8) is 0 Å². The number of amidine groups is 1. The first-order chi connectivity index (χ1) is 15.2. The third-order valence-corrected chi connectivity index (χ3v) is 8.25. The van der Waals surface area contributed by atoms with Crippen LogP contribution in [0, 0.1) is 5.92 Å². The molecule has 0 aromatic carbocycles. The summed E-state index contributed by atoms with van der Waals surface area (Å²) in [5, 5.41) is 8.26.